The monoisotopic (exact) mass is 354 g/mol. The van der Waals surface area contributed by atoms with Crippen molar-refractivity contribution in [1.29, 1.82) is 0 Å². The lowest BCUT2D eigenvalue weighted by Crippen LogP contribution is -2.47. The first-order chi connectivity index (χ1) is 12.5. The Hall–Kier alpha value is -2.99. The van der Waals surface area contributed by atoms with Gasteiger partial charge in [-0.15, -0.1) is 0 Å². The summed E-state index contributed by atoms with van der Waals surface area (Å²) in [4.78, 5) is 11.5. The predicted molar refractivity (Wildman–Crippen MR) is 96.9 cm³/mol. The molecule has 2 amide bonds. The van der Waals surface area contributed by atoms with Crippen LogP contribution < -0.4 is 15.2 Å². The average molecular weight is 354 g/mol. The number of benzene rings is 2. The second kappa shape index (κ2) is 7.49. The summed E-state index contributed by atoms with van der Waals surface area (Å²) in [6, 6.07) is 15.7. The van der Waals surface area contributed by atoms with Crippen LogP contribution in [0.2, 0.25) is 0 Å². The molecule has 1 aliphatic carbocycles. The molecular weight excluding hydrogens is 332 g/mol. The highest BCUT2D eigenvalue weighted by Crippen LogP contribution is 2.39. The first kappa shape index (κ1) is 17.8. The third-order valence-corrected chi connectivity index (χ3v) is 4.35. The SMILES string of the molecule is CC(Oc1ccccc1)Oc1cccc(C2(N(O)C(N)=O)C=CCC2)c1. The molecule has 1 aliphatic rings. The summed E-state index contributed by atoms with van der Waals surface area (Å²) in [5, 5.41) is 10.8. The second-order valence-corrected chi connectivity index (χ2v) is 6.16. The fourth-order valence-electron chi connectivity index (χ4n) is 3.15. The van der Waals surface area contributed by atoms with Crippen molar-refractivity contribution in [2.45, 2.75) is 31.6 Å². The number of para-hydroxylation sites is 1. The lowest BCUT2D eigenvalue weighted by atomic mass is 9.89. The predicted octanol–water partition coefficient (Wildman–Crippen LogP) is 3.81. The molecule has 0 fully saturated rings. The molecule has 3 N–H and O–H groups in total. The maximum absolute atomic E-state index is 11.5. The van der Waals surface area contributed by atoms with Crippen LogP contribution in [0, 0.1) is 0 Å². The first-order valence-corrected chi connectivity index (χ1v) is 8.46. The lowest BCUT2D eigenvalue weighted by Gasteiger charge is -2.34. The van der Waals surface area contributed by atoms with Gasteiger partial charge in [-0.1, -0.05) is 42.5 Å². The second-order valence-electron chi connectivity index (χ2n) is 6.16. The molecule has 3 rings (SSSR count). The van der Waals surface area contributed by atoms with Crippen LogP contribution in [0.15, 0.2) is 66.7 Å². The van der Waals surface area contributed by atoms with Crippen molar-refractivity contribution in [3.05, 3.63) is 72.3 Å². The summed E-state index contributed by atoms with van der Waals surface area (Å²) in [5.74, 6) is 1.28. The summed E-state index contributed by atoms with van der Waals surface area (Å²) in [5.41, 5.74) is 5.04. The number of hydrogen-bond acceptors (Lipinski definition) is 4. The van der Waals surface area contributed by atoms with Crippen LogP contribution in [0.1, 0.15) is 25.3 Å². The van der Waals surface area contributed by atoms with Gasteiger partial charge in [0.1, 0.15) is 17.0 Å². The van der Waals surface area contributed by atoms with Crippen LogP contribution in [-0.4, -0.2) is 22.6 Å². The van der Waals surface area contributed by atoms with Gasteiger partial charge in [0.25, 0.3) is 0 Å². The molecule has 0 aromatic heterocycles. The molecule has 0 saturated carbocycles. The van der Waals surface area contributed by atoms with E-state index in [0.717, 1.165) is 12.0 Å². The fraction of sp³-hybridized carbons (Fsp3) is 0.250. The number of rotatable bonds is 6. The summed E-state index contributed by atoms with van der Waals surface area (Å²) < 4.78 is 11.6. The molecular formula is C20H22N2O4. The van der Waals surface area contributed by atoms with Gasteiger partial charge < -0.3 is 15.2 Å². The fourth-order valence-corrected chi connectivity index (χ4v) is 3.15. The van der Waals surface area contributed by atoms with Crippen LogP contribution in [-0.2, 0) is 5.54 Å². The summed E-state index contributed by atoms with van der Waals surface area (Å²) in [6.45, 7) is 1.80. The van der Waals surface area contributed by atoms with Crippen molar-refractivity contribution in [3.8, 4) is 11.5 Å². The topological polar surface area (TPSA) is 85.0 Å². The van der Waals surface area contributed by atoms with E-state index in [9.17, 15) is 10.0 Å². The van der Waals surface area contributed by atoms with E-state index in [1.54, 1.807) is 25.1 Å². The van der Waals surface area contributed by atoms with Gasteiger partial charge in [-0.2, -0.15) is 5.06 Å². The molecule has 0 aliphatic heterocycles. The summed E-state index contributed by atoms with van der Waals surface area (Å²) in [6.07, 6.45) is 4.49. The van der Waals surface area contributed by atoms with E-state index >= 15 is 0 Å². The number of carbonyl (C=O) groups is 1. The maximum Gasteiger partial charge on any atom is 0.339 e. The largest absolute Gasteiger partial charge is 0.455 e. The van der Waals surface area contributed by atoms with Gasteiger partial charge in [0.2, 0.25) is 6.29 Å². The van der Waals surface area contributed by atoms with Gasteiger partial charge in [-0.05, 0) is 42.7 Å². The van der Waals surface area contributed by atoms with Gasteiger partial charge in [0.15, 0.2) is 0 Å². The normalized spacial score (nSPS) is 19.8. The molecule has 136 valence electrons. The highest BCUT2D eigenvalue weighted by Gasteiger charge is 2.40. The Labute approximate surface area is 152 Å². The quantitative estimate of drug-likeness (QED) is 0.358. The van der Waals surface area contributed by atoms with Crippen LogP contribution in [0.25, 0.3) is 0 Å². The minimum Gasteiger partial charge on any atom is -0.455 e. The first-order valence-electron chi connectivity index (χ1n) is 8.46. The van der Waals surface area contributed by atoms with Gasteiger partial charge in [-0.25, -0.2) is 4.79 Å². The van der Waals surface area contributed by atoms with E-state index < -0.39 is 17.9 Å². The molecule has 6 nitrogen and oxygen atoms in total. The van der Waals surface area contributed by atoms with Crippen LogP contribution in [0.4, 0.5) is 4.79 Å². The number of allylic oxidation sites excluding steroid dienone is 1. The number of nitrogens with zero attached hydrogens (tertiary/aromatic N) is 1. The Balaban J connectivity index is 1.79. The number of amides is 2. The van der Waals surface area contributed by atoms with Gasteiger partial charge in [0, 0.05) is 6.92 Å². The van der Waals surface area contributed by atoms with E-state index in [1.807, 2.05) is 48.5 Å². The Morgan fingerprint density at radius 2 is 1.85 bits per heavy atom. The number of hydrogen-bond donors (Lipinski definition) is 2. The Bertz CT molecular complexity index is 793. The van der Waals surface area contributed by atoms with Crippen LogP contribution in [0.3, 0.4) is 0 Å². The zero-order valence-corrected chi connectivity index (χ0v) is 14.5. The number of carbonyl (C=O) groups excluding carboxylic acids is 1. The van der Waals surface area contributed by atoms with Crippen molar-refractivity contribution in [3.63, 3.8) is 0 Å². The van der Waals surface area contributed by atoms with E-state index in [-0.39, 0.29) is 0 Å². The molecule has 0 spiro atoms. The number of primary amides is 1. The zero-order chi connectivity index (χ0) is 18.6. The molecule has 2 aromatic carbocycles. The Kier molecular flexibility index (Phi) is 5.14. The molecule has 6 heteroatoms. The number of hydroxylamine groups is 2. The van der Waals surface area contributed by atoms with Crippen molar-refractivity contribution < 1.29 is 19.5 Å². The summed E-state index contributed by atoms with van der Waals surface area (Å²) >= 11 is 0. The number of nitrogens with two attached hydrogens (primary N) is 1. The van der Waals surface area contributed by atoms with E-state index in [2.05, 4.69) is 0 Å². The molecule has 0 radical (unpaired) electrons. The van der Waals surface area contributed by atoms with Crippen molar-refractivity contribution in [1.82, 2.24) is 5.06 Å². The van der Waals surface area contributed by atoms with E-state index in [4.69, 9.17) is 15.2 Å². The van der Waals surface area contributed by atoms with Crippen molar-refractivity contribution in [2.75, 3.05) is 0 Å². The van der Waals surface area contributed by atoms with Crippen molar-refractivity contribution >= 4 is 6.03 Å². The van der Waals surface area contributed by atoms with Crippen LogP contribution in [0.5, 0.6) is 11.5 Å². The smallest absolute Gasteiger partial charge is 0.339 e. The molecule has 2 aromatic rings. The highest BCUT2D eigenvalue weighted by atomic mass is 16.7. The standard InChI is InChI=1S/C20H22N2O4/c1-15(25-17-9-3-2-4-10-17)26-18-11-7-8-16(14-18)20(12-5-6-13-20)22(24)19(21)23/h2-5,7-12,14-15,24H,6,13H2,1H3,(H2,21,23). The zero-order valence-electron chi connectivity index (χ0n) is 14.5. The molecule has 2 unspecified atom stereocenters. The Morgan fingerprint density at radius 1 is 1.15 bits per heavy atom. The minimum absolute atomic E-state index is 0.510. The van der Waals surface area contributed by atoms with E-state index in [0.29, 0.717) is 23.0 Å². The summed E-state index contributed by atoms with van der Waals surface area (Å²) in [7, 11) is 0. The lowest BCUT2D eigenvalue weighted by molar-refractivity contribution is -0.109. The average Bonchev–Trinajstić information content (AvgIpc) is 3.13. The molecule has 0 heterocycles. The van der Waals surface area contributed by atoms with E-state index in [1.165, 1.54) is 0 Å². The van der Waals surface area contributed by atoms with Gasteiger partial charge in [0.05, 0.1) is 0 Å². The van der Waals surface area contributed by atoms with Gasteiger partial charge in [-0.3, -0.25) is 5.21 Å². The molecule has 2 atom stereocenters. The molecule has 26 heavy (non-hydrogen) atoms. The number of urea groups is 1. The van der Waals surface area contributed by atoms with Crippen LogP contribution >= 0.6 is 0 Å². The van der Waals surface area contributed by atoms with Crippen molar-refractivity contribution in [2.24, 2.45) is 5.73 Å². The third kappa shape index (κ3) is 3.65. The minimum atomic E-state index is -0.977. The van der Waals surface area contributed by atoms with Gasteiger partial charge >= 0.3 is 6.03 Å². The highest BCUT2D eigenvalue weighted by molar-refractivity contribution is 5.72. The molecule has 0 bridgehead atoms. The third-order valence-electron chi connectivity index (χ3n) is 4.35. The Morgan fingerprint density at radius 3 is 2.50 bits per heavy atom. The molecule has 0 saturated heterocycles. The number of ether oxygens (including phenoxy) is 2. The maximum atomic E-state index is 11.5.